The molecular weight excluding hydrogens is 240 g/mol. The highest BCUT2D eigenvalue weighted by Gasteiger charge is 2.49. The summed E-state index contributed by atoms with van der Waals surface area (Å²) < 4.78 is 0. The third kappa shape index (κ3) is 1.73. The van der Waals surface area contributed by atoms with Crippen molar-refractivity contribution in [2.24, 2.45) is 5.92 Å². The van der Waals surface area contributed by atoms with E-state index < -0.39 is 5.41 Å². The van der Waals surface area contributed by atoms with Gasteiger partial charge in [0, 0.05) is 23.0 Å². The molecule has 4 heteroatoms. The molecule has 0 N–H and O–H groups in total. The Morgan fingerprint density at radius 3 is 2.63 bits per heavy atom. The van der Waals surface area contributed by atoms with E-state index in [1.54, 1.807) is 6.92 Å². The topological polar surface area (TPSA) is 66.9 Å². The molecule has 0 amide bonds. The van der Waals surface area contributed by atoms with Gasteiger partial charge in [0.05, 0.1) is 11.0 Å². The van der Waals surface area contributed by atoms with Gasteiger partial charge in [-0.2, -0.15) is 5.26 Å². The van der Waals surface area contributed by atoms with Crippen LogP contribution in [0.4, 0.5) is 5.69 Å². The molecule has 1 aromatic rings. The van der Waals surface area contributed by atoms with Crippen LogP contribution < -0.4 is 0 Å². The van der Waals surface area contributed by atoms with E-state index in [4.69, 9.17) is 5.26 Å². The predicted molar refractivity (Wildman–Crippen MR) is 73.0 cm³/mol. The fourth-order valence-electron chi connectivity index (χ4n) is 3.39. The fraction of sp³-hybridized carbons (Fsp3) is 0.533. The maximum absolute atomic E-state index is 11.4. The van der Waals surface area contributed by atoms with Gasteiger partial charge < -0.3 is 0 Å². The summed E-state index contributed by atoms with van der Waals surface area (Å²) in [5.74, 6) is 0.468. The van der Waals surface area contributed by atoms with Gasteiger partial charge in [0.25, 0.3) is 5.69 Å². The molecular formula is C15H18N2O2. The third-order valence-electron chi connectivity index (χ3n) is 4.86. The summed E-state index contributed by atoms with van der Waals surface area (Å²) >= 11 is 0. The minimum atomic E-state index is -0.433. The molecule has 2 rings (SSSR count). The lowest BCUT2D eigenvalue weighted by molar-refractivity contribution is -0.386. The van der Waals surface area contributed by atoms with Crippen molar-refractivity contribution >= 4 is 5.69 Å². The Morgan fingerprint density at radius 1 is 1.47 bits per heavy atom. The van der Waals surface area contributed by atoms with Gasteiger partial charge in [-0.3, -0.25) is 10.1 Å². The zero-order valence-electron chi connectivity index (χ0n) is 11.7. The fourth-order valence-corrected chi connectivity index (χ4v) is 3.39. The summed E-state index contributed by atoms with van der Waals surface area (Å²) in [4.78, 5) is 11.1. The van der Waals surface area contributed by atoms with E-state index in [0.717, 1.165) is 11.1 Å². The highest BCUT2D eigenvalue weighted by molar-refractivity contribution is 5.59. The van der Waals surface area contributed by atoms with Gasteiger partial charge in [-0.1, -0.05) is 32.9 Å². The molecule has 0 heterocycles. The Kier molecular flexibility index (Phi) is 3.09. The molecule has 1 aromatic carbocycles. The SMILES string of the molecule is Cc1ccc2c(c1[N+](=O)[O-])C(C)(CC#N)C(C)C2C. The van der Waals surface area contributed by atoms with Crippen LogP contribution in [0.1, 0.15) is 49.8 Å². The van der Waals surface area contributed by atoms with Crippen LogP contribution >= 0.6 is 0 Å². The number of hydrogen-bond acceptors (Lipinski definition) is 3. The Bertz CT molecular complexity index is 589. The number of nitro groups is 1. The average molecular weight is 258 g/mol. The average Bonchev–Trinajstić information content (AvgIpc) is 2.52. The number of hydrogen-bond donors (Lipinski definition) is 0. The van der Waals surface area contributed by atoms with Crippen LogP contribution in [0.5, 0.6) is 0 Å². The van der Waals surface area contributed by atoms with Gasteiger partial charge in [-0.15, -0.1) is 0 Å². The van der Waals surface area contributed by atoms with Crippen LogP contribution in [-0.2, 0) is 5.41 Å². The van der Waals surface area contributed by atoms with E-state index in [2.05, 4.69) is 19.9 Å². The summed E-state index contributed by atoms with van der Waals surface area (Å²) in [7, 11) is 0. The molecule has 0 fully saturated rings. The van der Waals surface area contributed by atoms with Crippen molar-refractivity contribution in [1.29, 1.82) is 5.26 Å². The minimum absolute atomic E-state index is 0.200. The summed E-state index contributed by atoms with van der Waals surface area (Å²) in [6, 6.07) is 6.01. The molecule has 0 radical (unpaired) electrons. The predicted octanol–water partition coefficient (Wildman–Crippen LogP) is 3.83. The Balaban J connectivity index is 2.80. The standard InChI is InChI=1S/C15H18N2O2/c1-9-5-6-12-10(2)11(3)15(4,7-8-16)13(12)14(9)17(18)19/h5-6,10-11H,7H2,1-4H3. The molecule has 0 bridgehead atoms. The highest BCUT2D eigenvalue weighted by Crippen LogP contribution is 2.55. The Morgan fingerprint density at radius 2 is 2.11 bits per heavy atom. The van der Waals surface area contributed by atoms with Crippen LogP contribution in [0.2, 0.25) is 0 Å². The number of aryl methyl sites for hydroxylation is 1. The quantitative estimate of drug-likeness (QED) is 0.598. The van der Waals surface area contributed by atoms with E-state index in [1.807, 2.05) is 19.1 Å². The molecule has 3 unspecified atom stereocenters. The second-order valence-corrected chi connectivity index (χ2v) is 5.78. The normalized spacial score (nSPS) is 28.8. The first kappa shape index (κ1) is 13.5. The van der Waals surface area contributed by atoms with Crippen LogP contribution in [0, 0.1) is 34.3 Å². The van der Waals surface area contributed by atoms with Crippen molar-refractivity contribution in [3.8, 4) is 6.07 Å². The second-order valence-electron chi connectivity index (χ2n) is 5.78. The molecule has 0 spiro atoms. The molecule has 1 aliphatic rings. The van der Waals surface area contributed by atoms with Gasteiger partial charge in [0.15, 0.2) is 0 Å². The summed E-state index contributed by atoms with van der Waals surface area (Å²) in [6.45, 7) is 7.92. The monoisotopic (exact) mass is 258 g/mol. The smallest absolute Gasteiger partial charge is 0.258 e. The number of rotatable bonds is 2. The van der Waals surface area contributed by atoms with E-state index in [1.165, 1.54) is 0 Å². The van der Waals surface area contributed by atoms with Gasteiger partial charge in [0.2, 0.25) is 0 Å². The number of benzene rings is 1. The van der Waals surface area contributed by atoms with E-state index in [0.29, 0.717) is 12.0 Å². The Labute approximate surface area is 113 Å². The molecule has 19 heavy (non-hydrogen) atoms. The van der Waals surface area contributed by atoms with Crippen LogP contribution in [0.3, 0.4) is 0 Å². The molecule has 0 aliphatic heterocycles. The molecule has 1 aliphatic carbocycles. The number of nitriles is 1. The van der Waals surface area contributed by atoms with Gasteiger partial charge >= 0.3 is 0 Å². The van der Waals surface area contributed by atoms with Crippen molar-refractivity contribution in [2.45, 2.75) is 45.4 Å². The van der Waals surface area contributed by atoms with Crippen molar-refractivity contribution in [3.63, 3.8) is 0 Å². The maximum atomic E-state index is 11.4. The first-order valence-corrected chi connectivity index (χ1v) is 6.50. The zero-order chi connectivity index (χ0) is 14.4. The molecule has 4 nitrogen and oxygen atoms in total. The lowest BCUT2D eigenvalue weighted by Gasteiger charge is -2.29. The van der Waals surface area contributed by atoms with Gasteiger partial charge in [-0.05, 0) is 24.3 Å². The van der Waals surface area contributed by atoms with Crippen molar-refractivity contribution in [3.05, 3.63) is 38.9 Å². The number of nitrogens with zero attached hydrogens (tertiary/aromatic N) is 2. The highest BCUT2D eigenvalue weighted by atomic mass is 16.6. The maximum Gasteiger partial charge on any atom is 0.276 e. The molecule has 0 saturated carbocycles. The lowest BCUT2D eigenvalue weighted by Crippen LogP contribution is -2.27. The first-order chi connectivity index (χ1) is 8.84. The molecule has 0 aromatic heterocycles. The van der Waals surface area contributed by atoms with E-state index in [9.17, 15) is 10.1 Å². The van der Waals surface area contributed by atoms with Crippen molar-refractivity contribution < 1.29 is 4.92 Å². The van der Waals surface area contributed by atoms with E-state index >= 15 is 0 Å². The van der Waals surface area contributed by atoms with Gasteiger partial charge in [-0.25, -0.2) is 0 Å². The first-order valence-electron chi connectivity index (χ1n) is 6.50. The zero-order valence-corrected chi connectivity index (χ0v) is 11.7. The van der Waals surface area contributed by atoms with Crippen molar-refractivity contribution in [2.75, 3.05) is 0 Å². The summed E-state index contributed by atoms with van der Waals surface area (Å²) in [6.07, 6.45) is 0.315. The third-order valence-corrected chi connectivity index (χ3v) is 4.86. The lowest BCUT2D eigenvalue weighted by atomic mass is 9.73. The van der Waals surface area contributed by atoms with Crippen LogP contribution in [-0.4, -0.2) is 4.92 Å². The molecule has 100 valence electrons. The minimum Gasteiger partial charge on any atom is -0.258 e. The van der Waals surface area contributed by atoms with E-state index in [-0.39, 0.29) is 22.4 Å². The number of fused-ring (bicyclic) bond motifs is 1. The molecule has 0 saturated heterocycles. The second kappa shape index (κ2) is 4.34. The Hall–Kier alpha value is -1.89. The van der Waals surface area contributed by atoms with Crippen molar-refractivity contribution in [1.82, 2.24) is 0 Å². The largest absolute Gasteiger partial charge is 0.276 e. The molecule has 3 atom stereocenters. The summed E-state index contributed by atoms with van der Waals surface area (Å²) in [5, 5.41) is 20.5. The number of nitro benzene ring substituents is 1. The summed E-state index contributed by atoms with van der Waals surface area (Å²) in [5.41, 5.74) is 2.25. The van der Waals surface area contributed by atoms with Crippen LogP contribution in [0.15, 0.2) is 12.1 Å². The van der Waals surface area contributed by atoms with Crippen LogP contribution in [0.25, 0.3) is 0 Å². The van der Waals surface area contributed by atoms with Gasteiger partial charge in [0.1, 0.15) is 0 Å².